The lowest BCUT2D eigenvalue weighted by atomic mass is 10.0. The second-order valence-corrected chi connectivity index (χ2v) is 6.96. The van der Waals surface area contributed by atoms with Crippen LogP contribution in [0.25, 0.3) is 38.8 Å². The summed E-state index contributed by atoms with van der Waals surface area (Å²) in [5.74, 6) is 0.715. The lowest BCUT2D eigenvalue weighted by Gasteiger charge is -2.04. The minimum Gasteiger partial charge on any atom is -0.463 e. The summed E-state index contributed by atoms with van der Waals surface area (Å²) in [6.07, 6.45) is 2.49. The third-order valence-electron chi connectivity index (χ3n) is 4.55. The quantitative estimate of drug-likeness (QED) is 0.376. The number of hydrogen-bond donors (Lipinski definition) is 0. The molecule has 0 fully saturated rings. The predicted molar refractivity (Wildman–Crippen MR) is 107 cm³/mol. The summed E-state index contributed by atoms with van der Waals surface area (Å²) in [5, 5.41) is 1.95. The summed E-state index contributed by atoms with van der Waals surface area (Å²) in [4.78, 5) is 17.4. The largest absolute Gasteiger partial charge is 0.463 e. The second kappa shape index (κ2) is 6.37. The van der Waals surface area contributed by atoms with Gasteiger partial charge in [-0.15, -0.1) is 11.3 Å². The molecule has 3 aromatic heterocycles. The van der Waals surface area contributed by atoms with Crippen LogP contribution in [0.2, 0.25) is 0 Å². The first kappa shape index (κ1) is 15.8. The van der Waals surface area contributed by atoms with E-state index in [-0.39, 0.29) is 0 Å². The second-order valence-electron chi connectivity index (χ2n) is 6.12. The molecule has 0 atom stereocenters. The topological polar surface area (TPSA) is 47.5 Å². The Labute approximate surface area is 159 Å². The number of aldehydes is 1. The summed E-state index contributed by atoms with van der Waals surface area (Å²) in [5.41, 5.74) is 5.25. The molecule has 0 aliphatic rings. The highest BCUT2D eigenvalue weighted by Gasteiger charge is 2.19. The third-order valence-corrected chi connectivity index (χ3v) is 5.38. The van der Waals surface area contributed by atoms with Crippen molar-refractivity contribution in [3.63, 3.8) is 0 Å². The molecule has 0 aliphatic carbocycles. The van der Waals surface area contributed by atoms with Crippen LogP contribution >= 0.6 is 11.3 Å². The molecule has 0 saturated carbocycles. The van der Waals surface area contributed by atoms with E-state index in [2.05, 4.69) is 24.3 Å². The van der Waals surface area contributed by atoms with Crippen molar-refractivity contribution in [2.75, 3.05) is 0 Å². The molecule has 0 N–H and O–H groups in total. The van der Waals surface area contributed by atoms with Gasteiger partial charge in [-0.1, -0.05) is 54.6 Å². The van der Waals surface area contributed by atoms with Crippen LogP contribution in [0.5, 0.6) is 0 Å². The fourth-order valence-corrected chi connectivity index (χ4v) is 4.13. The van der Waals surface area contributed by atoms with Crippen molar-refractivity contribution >= 4 is 22.6 Å². The fourth-order valence-electron chi connectivity index (χ4n) is 3.25. The Bertz CT molecular complexity index is 1220. The van der Waals surface area contributed by atoms with Gasteiger partial charge in [0.25, 0.3) is 0 Å². The number of rotatable bonds is 4. The first-order valence-corrected chi connectivity index (χ1v) is 9.38. The van der Waals surface area contributed by atoms with Crippen LogP contribution in [0.4, 0.5) is 0 Å². The van der Waals surface area contributed by atoms with Crippen molar-refractivity contribution < 1.29 is 9.21 Å². The molecule has 3 heterocycles. The number of aromatic nitrogens is 2. The van der Waals surface area contributed by atoms with Gasteiger partial charge in [-0.3, -0.25) is 9.20 Å². The molecule has 0 spiro atoms. The highest BCUT2D eigenvalue weighted by molar-refractivity contribution is 7.15. The molecule has 0 amide bonds. The van der Waals surface area contributed by atoms with Gasteiger partial charge in [-0.05, 0) is 23.3 Å². The zero-order chi connectivity index (χ0) is 18.2. The first-order valence-electron chi connectivity index (χ1n) is 8.50. The molecule has 4 nitrogen and oxygen atoms in total. The van der Waals surface area contributed by atoms with E-state index < -0.39 is 0 Å². The summed E-state index contributed by atoms with van der Waals surface area (Å²) >= 11 is 1.49. The Balaban J connectivity index is 1.62. The van der Waals surface area contributed by atoms with E-state index in [9.17, 15) is 4.79 Å². The van der Waals surface area contributed by atoms with Crippen molar-refractivity contribution in [3.05, 3.63) is 84.1 Å². The SMILES string of the molecule is O=Cc1c(-c2ccc(-c3ccccc3)cc2)nc2scc(-c3ccco3)n12. The molecule has 5 aromatic rings. The van der Waals surface area contributed by atoms with E-state index in [0.29, 0.717) is 17.1 Å². The number of hydrogen-bond acceptors (Lipinski definition) is 4. The lowest BCUT2D eigenvalue weighted by molar-refractivity contribution is 0.111. The molecular formula is C22H14N2O2S. The van der Waals surface area contributed by atoms with E-state index >= 15 is 0 Å². The summed E-state index contributed by atoms with van der Waals surface area (Å²) < 4.78 is 7.37. The maximum atomic E-state index is 11.9. The van der Waals surface area contributed by atoms with E-state index in [1.54, 1.807) is 6.26 Å². The Morgan fingerprint density at radius 1 is 0.889 bits per heavy atom. The van der Waals surface area contributed by atoms with Gasteiger partial charge in [0, 0.05) is 10.9 Å². The predicted octanol–water partition coefficient (Wildman–Crippen LogP) is 5.80. The maximum absolute atomic E-state index is 11.9. The molecular weight excluding hydrogens is 356 g/mol. The van der Waals surface area contributed by atoms with Crippen LogP contribution in [0.15, 0.2) is 82.8 Å². The van der Waals surface area contributed by atoms with Crippen molar-refractivity contribution in [1.29, 1.82) is 0 Å². The number of carbonyl (C=O) groups excluding carboxylic acids is 1. The summed E-state index contributed by atoms with van der Waals surface area (Å²) in [6.45, 7) is 0. The zero-order valence-electron chi connectivity index (χ0n) is 14.2. The molecule has 5 heteroatoms. The molecule has 5 rings (SSSR count). The van der Waals surface area contributed by atoms with Gasteiger partial charge in [0.15, 0.2) is 17.0 Å². The van der Waals surface area contributed by atoms with E-state index in [4.69, 9.17) is 9.40 Å². The maximum Gasteiger partial charge on any atom is 0.195 e. The Hall–Kier alpha value is -3.44. The Kier molecular flexibility index (Phi) is 3.73. The first-order chi connectivity index (χ1) is 13.3. The van der Waals surface area contributed by atoms with Crippen molar-refractivity contribution in [2.45, 2.75) is 0 Å². The minimum atomic E-state index is 0.533. The van der Waals surface area contributed by atoms with Gasteiger partial charge in [-0.25, -0.2) is 4.98 Å². The molecule has 0 aliphatic heterocycles. The number of fused-ring (bicyclic) bond motifs is 1. The van der Waals surface area contributed by atoms with Crippen LogP contribution < -0.4 is 0 Å². The fraction of sp³-hybridized carbons (Fsp3) is 0. The van der Waals surface area contributed by atoms with Gasteiger partial charge in [-0.2, -0.15) is 0 Å². The van der Waals surface area contributed by atoms with Crippen LogP contribution in [0.3, 0.4) is 0 Å². The van der Waals surface area contributed by atoms with E-state index in [0.717, 1.165) is 33.6 Å². The Morgan fingerprint density at radius 3 is 2.33 bits per heavy atom. The summed E-state index contributed by atoms with van der Waals surface area (Å²) in [7, 11) is 0. The smallest absolute Gasteiger partial charge is 0.195 e. The van der Waals surface area contributed by atoms with Crippen LogP contribution in [-0.2, 0) is 0 Å². The standard InChI is InChI=1S/C22H14N2O2S/c25-13-18-21(17-10-8-16(9-11-17)15-5-2-1-3-6-15)23-22-24(18)19(14-27-22)20-7-4-12-26-20/h1-14H. The number of thiazole rings is 1. The normalized spacial score (nSPS) is 11.1. The van der Waals surface area contributed by atoms with Gasteiger partial charge >= 0.3 is 0 Å². The van der Waals surface area contributed by atoms with Gasteiger partial charge < -0.3 is 4.42 Å². The average Bonchev–Trinajstić information content (AvgIpc) is 3.45. The lowest BCUT2D eigenvalue weighted by Crippen LogP contribution is -1.93. The number of nitrogens with zero attached hydrogens (tertiary/aromatic N) is 2. The number of furan rings is 1. The Morgan fingerprint density at radius 2 is 1.63 bits per heavy atom. The van der Waals surface area contributed by atoms with Crippen LogP contribution in [0.1, 0.15) is 10.5 Å². The molecule has 0 unspecified atom stereocenters. The van der Waals surface area contributed by atoms with Crippen molar-refractivity contribution in [1.82, 2.24) is 9.38 Å². The van der Waals surface area contributed by atoms with E-state index in [1.807, 2.05) is 52.2 Å². The van der Waals surface area contributed by atoms with Gasteiger partial charge in [0.05, 0.1) is 6.26 Å². The molecule has 0 radical (unpaired) electrons. The molecule has 130 valence electrons. The number of benzene rings is 2. The third kappa shape index (κ3) is 2.60. The average molecular weight is 370 g/mol. The van der Waals surface area contributed by atoms with Crippen LogP contribution in [0, 0.1) is 0 Å². The van der Waals surface area contributed by atoms with Crippen molar-refractivity contribution in [3.8, 4) is 33.8 Å². The molecule has 0 bridgehead atoms. The molecule has 2 aromatic carbocycles. The number of carbonyl (C=O) groups is 1. The van der Waals surface area contributed by atoms with Crippen molar-refractivity contribution in [2.24, 2.45) is 0 Å². The minimum absolute atomic E-state index is 0.533. The van der Waals surface area contributed by atoms with Crippen LogP contribution in [-0.4, -0.2) is 15.7 Å². The van der Waals surface area contributed by atoms with Gasteiger partial charge in [0.1, 0.15) is 17.1 Å². The highest BCUT2D eigenvalue weighted by atomic mass is 32.1. The molecule has 0 saturated heterocycles. The summed E-state index contributed by atoms with van der Waals surface area (Å²) in [6, 6.07) is 22.0. The zero-order valence-corrected chi connectivity index (χ0v) is 15.0. The highest BCUT2D eigenvalue weighted by Crippen LogP contribution is 2.33. The number of imidazole rings is 1. The van der Waals surface area contributed by atoms with Gasteiger partial charge in [0.2, 0.25) is 0 Å². The molecule has 27 heavy (non-hydrogen) atoms. The monoisotopic (exact) mass is 370 g/mol. The van der Waals surface area contributed by atoms with E-state index in [1.165, 1.54) is 11.3 Å².